The van der Waals surface area contributed by atoms with Crippen molar-refractivity contribution in [2.75, 3.05) is 7.05 Å². The number of carbonyl (C=O) groups is 1. The zero-order valence-electron chi connectivity index (χ0n) is 10.9. The molecule has 104 valence electrons. The smallest absolute Gasteiger partial charge is 0.254 e. The van der Waals surface area contributed by atoms with Gasteiger partial charge in [-0.05, 0) is 25.0 Å². The molecule has 3 nitrogen and oxygen atoms in total. The number of likely N-dealkylation sites (N-methyl/N-ethyl adjacent to an activating group) is 1. The van der Waals surface area contributed by atoms with E-state index in [9.17, 15) is 13.6 Å². The van der Waals surface area contributed by atoms with E-state index in [-0.39, 0.29) is 23.6 Å². The van der Waals surface area contributed by atoms with Gasteiger partial charge in [0.1, 0.15) is 11.6 Å². The Bertz CT molecular complexity index is 458. The summed E-state index contributed by atoms with van der Waals surface area (Å²) in [5.41, 5.74) is 6.04. The monoisotopic (exact) mass is 268 g/mol. The van der Waals surface area contributed by atoms with Crippen molar-refractivity contribution in [1.29, 1.82) is 0 Å². The van der Waals surface area contributed by atoms with Crippen molar-refractivity contribution in [1.82, 2.24) is 4.90 Å². The first kappa shape index (κ1) is 13.9. The van der Waals surface area contributed by atoms with Crippen molar-refractivity contribution in [3.63, 3.8) is 0 Å². The van der Waals surface area contributed by atoms with E-state index in [1.54, 1.807) is 7.05 Å². The van der Waals surface area contributed by atoms with Gasteiger partial charge in [0.05, 0.1) is 0 Å². The predicted octanol–water partition coefficient (Wildman–Crippen LogP) is 2.31. The van der Waals surface area contributed by atoms with Gasteiger partial charge in [-0.25, -0.2) is 8.78 Å². The molecule has 0 aromatic heterocycles. The second kappa shape index (κ2) is 5.65. The Balaban J connectivity index is 2.18. The van der Waals surface area contributed by atoms with Gasteiger partial charge in [0.15, 0.2) is 0 Å². The third-order valence-corrected chi connectivity index (χ3v) is 3.71. The Kier molecular flexibility index (Phi) is 4.14. The van der Waals surface area contributed by atoms with Crippen LogP contribution < -0.4 is 5.73 Å². The highest BCUT2D eigenvalue weighted by Crippen LogP contribution is 2.22. The molecule has 0 spiro atoms. The molecule has 0 aliphatic heterocycles. The fourth-order valence-electron chi connectivity index (χ4n) is 2.65. The first-order chi connectivity index (χ1) is 8.99. The van der Waals surface area contributed by atoms with Crippen LogP contribution >= 0.6 is 0 Å². The third-order valence-electron chi connectivity index (χ3n) is 3.71. The Morgan fingerprint density at radius 1 is 1.21 bits per heavy atom. The second-order valence-corrected chi connectivity index (χ2v) is 5.09. The number of amides is 1. The molecule has 1 aliphatic carbocycles. The van der Waals surface area contributed by atoms with Gasteiger partial charge in [-0.15, -0.1) is 0 Å². The summed E-state index contributed by atoms with van der Waals surface area (Å²) in [6.45, 7) is 0. The zero-order chi connectivity index (χ0) is 14.0. The van der Waals surface area contributed by atoms with Crippen LogP contribution in [-0.4, -0.2) is 29.9 Å². The van der Waals surface area contributed by atoms with Gasteiger partial charge in [0.2, 0.25) is 0 Å². The maximum atomic E-state index is 13.1. The van der Waals surface area contributed by atoms with Crippen LogP contribution in [-0.2, 0) is 0 Å². The number of carbonyl (C=O) groups excluding carboxylic acids is 1. The maximum absolute atomic E-state index is 13.1. The highest BCUT2D eigenvalue weighted by atomic mass is 19.1. The molecular weight excluding hydrogens is 250 g/mol. The van der Waals surface area contributed by atoms with Crippen molar-refractivity contribution in [3.05, 3.63) is 35.4 Å². The molecule has 0 saturated heterocycles. The van der Waals surface area contributed by atoms with Crippen molar-refractivity contribution in [2.24, 2.45) is 5.73 Å². The maximum Gasteiger partial charge on any atom is 0.254 e. The lowest BCUT2D eigenvalue weighted by Gasteiger charge is -2.36. The average Bonchev–Trinajstić information content (AvgIpc) is 2.36. The van der Waals surface area contributed by atoms with E-state index >= 15 is 0 Å². The standard InChI is InChI=1S/C14H18F2N2O/c1-18(13-5-3-2-4-12(13)17)14(19)9-6-10(15)8-11(16)7-9/h6-8,12-13H,2-5,17H2,1H3. The number of hydrogen-bond acceptors (Lipinski definition) is 2. The Hall–Kier alpha value is -1.49. The number of benzene rings is 1. The average molecular weight is 268 g/mol. The van der Waals surface area contributed by atoms with E-state index < -0.39 is 11.6 Å². The number of rotatable bonds is 2. The highest BCUT2D eigenvalue weighted by molar-refractivity contribution is 5.94. The number of halogens is 2. The van der Waals surface area contributed by atoms with Crippen LogP contribution in [0.2, 0.25) is 0 Å². The summed E-state index contributed by atoms with van der Waals surface area (Å²) in [6, 6.07) is 2.73. The first-order valence-corrected chi connectivity index (χ1v) is 6.48. The van der Waals surface area contributed by atoms with Gasteiger partial charge >= 0.3 is 0 Å². The summed E-state index contributed by atoms with van der Waals surface area (Å²) in [7, 11) is 1.64. The van der Waals surface area contributed by atoms with Crippen LogP contribution in [0.4, 0.5) is 8.78 Å². The lowest BCUT2D eigenvalue weighted by Crippen LogP contribution is -2.50. The molecule has 2 N–H and O–H groups in total. The molecule has 1 amide bonds. The molecule has 1 aromatic carbocycles. The summed E-state index contributed by atoms with van der Waals surface area (Å²) in [5.74, 6) is -1.88. The minimum absolute atomic E-state index is 0.0257. The lowest BCUT2D eigenvalue weighted by atomic mass is 9.90. The quantitative estimate of drug-likeness (QED) is 0.894. The Labute approximate surface area is 111 Å². The molecule has 5 heteroatoms. The van der Waals surface area contributed by atoms with Crippen molar-refractivity contribution >= 4 is 5.91 Å². The minimum atomic E-state index is -0.746. The van der Waals surface area contributed by atoms with E-state index in [0.717, 1.165) is 43.9 Å². The van der Waals surface area contributed by atoms with Gasteiger partial charge in [0.25, 0.3) is 5.91 Å². The van der Waals surface area contributed by atoms with Crippen LogP contribution in [0.1, 0.15) is 36.0 Å². The van der Waals surface area contributed by atoms with Crippen LogP contribution in [0.15, 0.2) is 18.2 Å². The van der Waals surface area contributed by atoms with Gasteiger partial charge in [-0.3, -0.25) is 4.79 Å². The van der Waals surface area contributed by atoms with Gasteiger partial charge < -0.3 is 10.6 Å². The van der Waals surface area contributed by atoms with Gasteiger partial charge in [-0.2, -0.15) is 0 Å². The molecule has 2 rings (SSSR count). The fraction of sp³-hybridized carbons (Fsp3) is 0.500. The molecule has 19 heavy (non-hydrogen) atoms. The van der Waals surface area contributed by atoms with E-state index in [0.29, 0.717) is 0 Å². The van der Waals surface area contributed by atoms with Crippen LogP contribution in [0.25, 0.3) is 0 Å². The van der Waals surface area contributed by atoms with E-state index in [1.807, 2.05) is 0 Å². The molecule has 0 bridgehead atoms. The molecule has 1 aromatic rings. The SMILES string of the molecule is CN(C(=O)c1cc(F)cc(F)c1)C1CCCCC1N. The summed E-state index contributed by atoms with van der Waals surface area (Å²) >= 11 is 0. The fourth-order valence-corrected chi connectivity index (χ4v) is 2.65. The van der Waals surface area contributed by atoms with Crippen molar-refractivity contribution in [2.45, 2.75) is 37.8 Å². The molecule has 1 saturated carbocycles. The minimum Gasteiger partial charge on any atom is -0.337 e. The first-order valence-electron chi connectivity index (χ1n) is 6.48. The van der Waals surface area contributed by atoms with E-state index in [2.05, 4.69) is 0 Å². The molecule has 2 atom stereocenters. The summed E-state index contributed by atoms with van der Waals surface area (Å²) < 4.78 is 26.3. The molecule has 2 unspecified atom stereocenters. The normalized spacial score (nSPS) is 23.2. The van der Waals surface area contributed by atoms with E-state index in [1.165, 1.54) is 4.90 Å². The van der Waals surface area contributed by atoms with Crippen LogP contribution in [0.3, 0.4) is 0 Å². The second-order valence-electron chi connectivity index (χ2n) is 5.09. The molecule has 0 heterocycles. The third kappa shape index (κ3) is 3.10. The lowest BCUT2D eigenvalue weighted by molar-refractivity contribution is 0.0671. The van der Waals surface area contributed by atoms with Gasteiger partial charge in [-0.1, -0.05) is 12.8 Å². The Morgan fingerprint density at radius 3 is 2.37 bits per heavy atom. The highest BCUT2D eigenvalue weighted by Gasteiger charge is 2.29. The summed E-state index contributed by atoms with van der Waals surface area (Å²) in [4.78, 5) is 13.7. The number of hydrogen-bond donors (Lipinski definition) is 1. The number of nitrogens with zero attached hydrogens (tertiary/aromatic N) is 1. The van der Waals surface area contributed by atoms with Crippen LogP contribution in [0.5, 0.6) is 0 Å². The largest absolute Gasteiger partial charge is 0.337 e. The topological polar surface area (TPSA) is 46.3 Å². The van der Waals surface area contributed by atoms with Crippen LogP contribution in [0, 0.1) is 11.6 Å². The van der Waals surface area contributed by atoms with E-state index in [4.69, 9.17) is 5.73 Å². The zero-order valence-corrected chi connectivity index (χ0v) is 10.9. The molecular formula is C14H18F2N2O. The van der Waals surface area contributed by atoms with Crippen molar-refractivity contribution in [3.8, 4) is 0 Å². The molecule has 1 fully saturated rings. The predicted molar refractivity (Wildman–Crippen MR) is 68.7 cm³/mol. The van der Waals surface area contributed by atoms with Gasteiger partial charge in [0, 0.05) is 30.8 Å². The molecule has 1 aliphatic rings. The van der Waals surface area contributed by atoms with Crippen molar-refractivity contribution < 1.29 is 13.6 Å². The Morgan fingerprint density at radius 2 is 1.79 bits per heavy atom. The molecule has 0 radical (unpaired) electrons. The summed E-state index contributed by atoms with van der Waals surface area (Å²) in [6.07, 6.45) is 3.79. The number of nitrogens with two attached hydrogens (primary N) is 1. The summed E-state index contributed by atoms with van der Waals surface area (Å²) in [5, 5.41) is 0.